The summed E-state index contributed by atoms with van der Waals surface area (Å²) in [6.07, 6.45) is 0.538. The van der Waals surface area contributed by atoms with Gasteiger partial charge in [0.2, 0.25) is 5.91 Å². The number of hydrogen-bond acceptors (Lipinski definition) is 5. The van der Waals surface area contributed by atoms with Gasteiger partial charge in [-0.2, -0.15) is 0 Å². The number of likely N-dealkylation sites (N-methyl/N-ethyl adjacent to an activating group) is 1. The average Bonchev–Trinajstić information content (AvgIpc) is 2.68. The van der Waals surface area contributed by atoms with Crippen molar-refractivity contribution < 1.29 is 14.3 Å². The fraction of sp³-hybridized carbons (Fsp3) is 0.429. The number of morpholine rings is 1. The van der Waals surface area contributed by atoms with Gasteiger partial charge in [-0.1, -0.05) is 18.2 Å². The third-order valence-electron chi connectivity index (χ3n) is 4.55. The van der Waals surface area contributed by atoms with Crippen LogP contribution in [0.25, 0.3) is 0 Å². The van der Waals surface area contributed by atoms with Crippen LogP contribution in [0.3, 0.4) is 0 Å². The van der Waals surface area contributed by atoms with Crippen LogP contribution in [0.5, 0.6) is 5.75 Å². The van der Waals surface area contributed by atoms with Gasteiger partial charge in [0.15, 0.2) is 0 Å². The van der Waals surface area contributed by atoms with Gasteiger partial charge in [-0.25, -0.2) is 0 Å². The Morgan fingerprint density at radius 1 is 1.30 bits per heavy atom. The first kappa shape index (κ1) is 19.3. The van der Waals surface area contributed by atoms with Crippen LogP contribution in [-0.2, 0) is 16.0 Å². The molecule has 1 fully saturated rings. The monoisotopic (exact) mass is 369 g/mol. The topological polar surface area (TPSA) is 54.9 Å². The van der Waals surface area contributed by atoms with Gasteiger partial charge in [-0.05, 0) is 43.9 Å². The zero-order valence-electron chi connectivity index (χ0n) is 16.2. The summed E-state index contributed by atoms with van der Waals surface area (Å²) in [5.41, 5.74) is 2.99. The molecule has 1 aromatic heterocycles. The Kier molecular flexibility index (Phi) is 6.42. The zero-order chi connectivity index (χ0) is 19.2. The number of hydrogen-bond donors (Lipinski definition) is 0. The number of carbonyl (C=O) groups is 1. The van der Waals surface area contributed by atoms with Crippen LogP contribution >= 0.6 is 0 Å². The molecule has 1 aliphatic rings. The molecule has 144 valence electrons. The van der Waals surface area contributed by atoms with E-state index in [-0.39, 0.29) is 12.0 Å². The molecule has 1 unspecified atom stereocenters. The van der Waals surface area contributed by atoms with Gasteiger partial charge in [-0.3, -0.25) is 9.78 Å². The number of carbonyl (C=O) groups excluding carboxylic acids is 1. The van der Waals surface area contributed by atoms with Crippen LogP contribution in [0.2, 0.25) is 0 Å². The Morgan fingerprint density at radius 3 is 2.89 bits per heavy atom. The van der Waals surface area contributed by atoms with E-state index in [1.165, 1.54) is 0 Å². The van der Waals surface area contributed by atoms with Crippen molar-refractivity contribution in [2.75, 3.05) is 47.4 Å². The van der Waals surface area contributed by atoms with Crippen molar-refractivity contribution in [2.24, 2.45) is 0 Å². The Morgan fingerprint density at radius 2 is 2.11 bits per heavy atom. The summed E-state index contributed by atoms with van der Waals surface area (Å²) in [4.78, 5) is 20.9. The Balaban J connectivity index is 1.70. The molecule has 6 heteroatoms. The first-order valence-electron chi connectivity index (χ1n) is 9.18. The lowest BCUT2D eigenvalue weighted by Crippen LogP contribution is -2.45. The van der Waals surface area contributed by atoms with Gasteiger partial charge in [0.05, 0.1) is 32.5 Å². The first-order chi connectivity index (χ1) is 13.0. The number of benzene rings is 1. The van der Waals surface area contributed by atoms with Crippen LogP contribution in [-0.4, -0.2) is 68.1 Å². The molecule has 3 rings (SSSR count). The van der Waals surface area contributed by atoms with Crippen molar-refractivity contribution in [3.63, 3.8) is 0 Å². The summed E-state index contributed by atoms with van der Waals surface area (Å²) in [6, 6.07) is 14.0. The molecule has 27 heavy (non-hydrogen) atoms. The summed E-state index contributed by atoms with van der Waals surface area (Å²) in [7, 11) is 5.47. The minimum Gasteiger partial charge on any atom is -0.497 e. The van der Waals surface area contributed by atoms with Crippen molar-refractivity contribution in [1.29, 1.82) is 0 Å². The molecule has 2 heterocycles. The van der Waals surface area contributed by atoms with E-state index in [0.29, 0.717) is 26.2 Å². The molecule has 1 aromatic carbocycles. The van der Waals surface area contributed by atoms with Crippen LogP contribution < -0.4 is 4.74 Å². The predicted octanol–water partition coefficient (Wildman–Crippen LogP) is 2.14. The quantitative estimate of drug-likeness (QED) is 0.781. The van der Waals surface area contributed by atoms with Gasteiger partial charge in [0.1, 0.15) is 11.9 Å². The SMILES string of the molecule is COc1cccc(Cc2cccc(C3CN(C(=O)CN(C)C)CCO3)n2)c1. The van der Waals surface area contributed by atoms with E-state index in [1.54, 1.807) is 7.11 Å². The van der Waals surface area contributed by atoms with E-state index in [0.717, 1.165) is 29.1 Å². The molecular formula is C21H27N3O3. The van der Waals surface area contributed by atoms with Crippen LogP contribution in [0.1, 0.15) is 23.1 Å². The Labute approximate surface area is 160 Å². The number of rotatable bonds is 6. The van der Waals surface area contributed by atoms with Gasteiger partial charge < -0.3 is 19.3 Å². The number of nitrogens with zero attached hydrogens (tertiary/aromatic N) is 3. The third kappa shape index (κ3) is 5.28. The van der Waals surface area contributed by atoms with E-state index < -0.39 is 0 Å². The maximum absolute atomic E-state index is 12.4. The smallest absolute Gasteiger partial charge is 0.236 e. The van der Waals surface area contributed by atoms with Gasteiger partial charge in [0, 0.05) is 18.7 Å². The lowest BCUT2D eigenvalue weighted by Gasteiger charge is -2.33. The van der Waals surface area contributed by atoms with Crippen molar-refractivity contribution >= 4 is 5.91 Å². The second-order valence-electron chi connectivity index (χ2n) is 7.02. The molecule has 0 bridgehead atoms. The van der Waals surface area contributed by atoms with E-state index in [9.17, 15) is 4.79 Å². The number of aromatic nitrogens is 1. The molecule has 1 amide bonds. The fourth-order valence-corrected chi connectivity index (χ4v) is 3.19. The largest absolute Gasteiger partial charge is 0.497 e. The average molecular weight is 369 g/mol. The van der Waals surface area contributed by atoms with Crippen LogP contribution in [0.4, 0.5) is 0 Å². The van der Waals surface area contributed by atoms with Gasteiger partial charge in [-0.15, -0.1) is 0 Å². The van der Waals surface area contributed by atoms with Crippen LogP contribution in [0.15, 0.2) is 42.5 Å². The second kappa shape index (κ2) is 8.97. The highest BCUT2D eigenvalue weighted by atomic mass is 16.5. The van der Waals surface area contributed by atoms with E-state index in [1.807, 2.05) is 60.3 Å². The molecule has 0 aliphatic carbocycles. The third-order valence-corrected chi connectivity index (χ3v) is 4.55. The number of ether oxygens (including phenoxy) is 2. The predicted molar refractivity (Wildman–Crippen MR) is 104 cm³/mol. The highest BCUT2D eigenvalue weighted by Gasteiger charge is 2.26. The molecule has 0 N–H and O–H groups in total. The normalized spacial score (nSPS) is 17.2. The summed E-state index contributed by atoms with van der Waals surface area (Å²) < 4.78 is 11.2. The van der Waals surface area contributed by atoms with E-state index in [2.05, 4.69) is 6.07 Å². The lowest BCUT2D eigenvalue weighted by molar-refractivity contribution is -0.139. The Bertz CT molecular complexity index is 779. The molecule has 1 saturated heterocycles. The minimum absolute atomic E-state index is 0.126. The summed E-state index contributed by atoms with van der Waals surface area (Å²) in [5.74, 6) is 0.968. The summed E-state index contributed by atoms with van der Waals surface area (Å²) in [5, 5.41) is 0. The van der Waals surface area contributed by atoms with Crippen molar-refractivity contribution in [3.8, 4) is 5.75 Å². The molecule has 0 radical (unpaired) electrons. The van der Waals surface area contributed by atoms with Crippen LogP contribution in [0, 0.1) is 0 Å². The standard InChI is InChI=1S/C21H27N3O3/c1-23(2)15-21(25)24-10-11-27-20(14-24)19-9-5-7-17(22-19)12-16-6-4-8-18(13-16)26-3/h4-9,13,20H,10-12,14-15H2,1-3H3. The molecule has 6 nitrogen and oxygen atoms in total. The van der Waals surface area contributed by atoms with Crippen molar-refractivity contribution in [2.45, 2.75) is 12.5 Å². The maximum Gasteiger partial charge on any atom is 0.236 e. The molecule has 0 saturated carbocycles. The summed E-state index contributed by atoms with van der Waals surface area (Å²) >= 11 is 0. The number of methoxy groups -OCH3 is 1. The summed E-state index contributed by atoms with van der Waals surface area (Å²) in [6.45, 7) is 2.12. The van der Waals surface area contributed by atoms with E-state index >= 15 is 0 Å². The maximum atomic E-state index is 12.4. The number of pyridine rings is 1. The molecular weight excluding hydrogens is 342 g/mol. The van der Waals surface area contributed by atoms with Gasteiger partial charge >= 0.3 is 0 Å². The molecule has 2 aromatic rings. The molecule has 1 atom stereocenters. The number of amides is 1. The highest BCUT2D eigenvalue weighted by molar-refractivity contribution is 5.78. The fourth-order valence-electron chi connectivity index (χ4n) is 3.19. The molecule has 1 aliphatic heterocycles. The Hall–Kier alpha value is -2.44. The van der Waals surface area contributed by atoms with E-state index in [4.69, 9.17) is 14.5 Å². The first-order valence-corrected chi connectivity index (χ1v) is 9.18. The minimum atomic E-state index is -0.185. The van der Waals surface area contributed by atoms with Gasteiger partial charge in [0.25, 0.3) is 0 Å². The zero-order valence-corrected chi connectivity index (χ0v) is 16.2. The van der Waals surface area contributed by atoms with Crippen molar-refractivity contribution in [1.82, 2.24) is 14.8 Å². The molecule has 0 spiro atoms. The second-order valence-corrected chi connectivity index (χ2v) is 7.02. The lowest BCUT2D eigenvalue weighted by atomic mass is 10.1. The highest BCUT2D eigenvalue weighted by Crippen LogP contribution is 2.22. The van der Waals surface area contributed by atoms with Crippen molar-refractivity contribution in [3.05, 3.63) is 59.4 Å².